The lowest BCUT2D eigenvalue weighted by atomic mass is 10.2. The summed E-state index contributed by atoms with van der Waals surface area (Å²) in [7, 11) is 0. The molecule has 0 aliphatic carbocycles. The minimum absolute atomic E-state index is 0.0415. The minimum Gasteiger partial charge on any atom is -0.353 e. The van der Waals surface area contributed by atoms with Gasteiger partial charge in [0, 0.05) is 22.5 Å². The molecule has 1 aromatic carbocycles. The van der Waals surface area contributed by atoms with Crippen LogP contribution in [0.1, 0.15) is 39.2 Å². The van der Waals surface area contributed by atoms with Crippen LogP contribution < -0.4 is 16.1 Å². The maximum atomic E-state index is 11.8. The monoisotopic (exact) mass is 366 g/mol. The molecule has 0 unspecified atom stereocenters. The predicted octanol–water partition coefficient (Wildman–Crippen LogP) is 2.38. The van der Waals surface area contributed by atoms with Crippen molar-refractivity contribution in [3.05, 3.63) is 28.8 Å². The lowest BCUT2D eigenvalue weighted by Gasteiger charge is -2.11. The van der Waals surface area contributed by atoms with Crippen molar-refractivity contribution in [2.75, 3.05) is 5.32 Å². The van der Waals surface area contributed by atoms with E-state index in [0.717, 1.165) is 12.0 Å². The Labute approximate surface area is 152 Å². The summed E-state index contributed by atoms with van der Waals surface area (Å²) >= 11 is 5.96. The first-order chi connectivity index (χ1) is 11.7. The van der Waals surface area contributed by atoms with E-state index in [9.17, 15) is 14.4 Å². The van der Waals surface area contributed by atoms with Crippen LogP contribution in [0.3, 0.4) is 0 Å². The van der Waals surface area contributed by atoms with E-state index in [1.54, 1.807) is 25.1 Å². The Balaban J connectivity index is 2.52. The molecule has 0 radical (unpaired) electrons. The third-order valence-corrected chi connectivity index (χ3v) is 3.83. The van der Waals surface area contributed by atoms with Crippen molar-refractivity contribution in [2.45, 2.75) is 46.6 Å². The fourth-order valence-corrected chi connectivity index (χ4v) is 1.94. The summed E-state index contributed by atoms with van der Waals surface area (Å²) in [5.41, 5.74) is 3.78. The zero-order valence-corrected chi connectivity index (χ0v) is 15.5. The van der Waals surface area contributed by atoms with Crippen LogP contribution in [0.2, 0.25) is 5.02 Å². The Morgan fingerprint density at radius 2 is 1.92 bits per heavy atom. The highest BCUT2D eigenvalue weighted by atomic mass is 35.5. The van der Waals surface area contributed by atoms with Crippen LogP contribution in [0.25, 0.3) is 0 Å². The van der Waals surface area contributed by atoms with Crippen LogP contribution in [0.15, 0.2) is 23.3 Å². The van der Waals surface area contributed by atoms with Gasteiger partial charge in [-0.25, -0.2) is 5.43 Å². The minimum atomic E-state index is -0.932. The highest BCUT2D eigenvalue weighted by molar-refractivity contribution is 6.40. The highest BCUT2D eigenvalue weighted by Gasteiger charge is 2.14. The normalized spacial score (nSPS) is 12.3. The molecule has 0 heterocycles. The number of hydrazone groups is 1. The molecule has 0 bridgehead atoms. The summed E-state index contributed by atoms with van der Waals surface area (Å²) in [6, 6.07) is 4.99. The molecule has 0 fully saturated rings. The number of nitrogens with one attached hydrogen (secondary N) is 3. The zero-order valence-electron chi connectivity index (χ0n) is 14.8. The Hall–Kier alpha value is -2.41. The molecule has 136 valence electrons. The fraction of sp³-hybridized carbons (Fsp3) is 0.412. The number of rotatable bonds is 6. The largest absolute Gasteiger partial charge is 0.353 e. The van der Waals surface area contributed by atoms with Crippen molar-refractivity contribution in [3.8, 4) is 0 Å². The maximum Gasteiger partial charge on any atom is 0.329 e. The molecule has 3 amide bonds. The van der Waals surface area contributed by atoms with Crippen LogP contribution in [0.5, 0.6) is 0 Å². The van der Waals surface area contributed by atoms with Crippen LogP contribution in [0, 0.1) is 6.92 Å². The number of carbonyl (C=O) groups excluding carboxylic acids is 3. The van der Waals surface area contributed by atoms with Crippen LogP contribution in [-0.4, -0.2) is 29.5 Å². The summed E-state index contributed by atoms with van der Waals surface area (Å²) < 4.78 is 0. The molecule has 7 nitrogen and oxygen atoms in total. The smallest absolute Gasteiger partial charge is 0.329 e. The van der Waals surface area contributed by atoms with Gasteiger partial charge in [-0.15, -0.1) is 0 Å². The van der Waals surface area contributed by atoms with E-state index in [2.05, 4.69) is 21.2 Å². The molecule has 0 spiro atoms. The third-order valence-electron chi connectivity index (χ3n) is 3.42. The van der Waals surface area contributed by atoms with Crippen molar-refractivity contribution in [1.29, 1.82) is 0 Å². The van der Waals surface area contributed by atoms with Crippen LogP contribution in [0.4, 0.5) is 5.69 Å². The lowest BCUT2D eigenvalue weighted by Crippen LogP contribution is -2.35. The van der Waals surface area contributed by atoms with Crippen molar-refractivity contribution in [3.63, 3.8) is 0 Å². The summed E-state index contributed by atoms with van der Waals surface area (Å²) in [6.45, 7) is 7.28. The van der Waals surface area contributed by atoms with Gasteiger partial charge in [-0.3, -0.25) is 14.4 Å². The molecule has 0 saturated carbocycles. The number of hydrogen-bond donors (Lipinski definition) is 3. The second kappa shape index (κ2) is 9.78. The van der Waals surface area contributed by atoms with E-state index in [1.807, 2.05) is 20.8 Å². The van der Waals surface area contributed by atoms with Gasteiger partial charge < -0.3 is 10.6 Å². The molecule has 0 aliphatic rings. The third kappa shape index (κ3) is 7.34. The quantitative estimate of drug-likeness (QED) is 0.409. The predicted molar refractivity (Wildman–Crippen MR) is 98.6 cm³/mol. The molecule has 0 aromatic heterocycles. The number of carbonyl (C=O) groups is 3. The Kier molecular flexibility index (Phi) is 8.07. The Bertz CT molecular complexity index is 688. The van der Waals surface area contributed by atoms with Gasteiger partial charge in [0.05, 0.1) is 6.42 Å². The van der Waals surface area contributed by atoms with E-state index in [4.69, 9.17) is 11.6 Å². The van der Waals surface area contributed by atoms with Crippen molar-refractivity contribution in [1.82, 2.24) is 10.7 Å². The second-order valence-electron chi connectivity index (χ2n) is 5.76. The number of halogens is 1. The van der Waals surface area contributed by atoms with Crippen molar-refractivity contribution in [2.24, 2.45) is 5.10 Å². The number of nitrogens with zero attached hydrogens (tertiary/aromatic N) is 1. The topological polar surface area (TPSA) is 99.7 Å². The SMILES string of the molecule is CC[C@H](C)NC(=O)CC(C)=NNC(=O)C(=O)Nc1ccc(C)c(Cl)c1. The first-order valence-electron chi connectivity index (χ1n) is 7.93. The lowest BCUT2D eigenvalue weighted by molar-refractivity contribution is -0.136. The van der Waals surface area contributed by atoms with Crippen LogP contribution in [-0.2, 0) is 14.4 Å². The first-order valence-corrected chi connectivity index (χ1v) is 8.30. The van der Waals surface area contributed by atoms with Gasteiger partial charge in [0.1, 0.15) is 0 Å². The molecule has 0 saturated heterocycles. The number of amides is 3. The number of aryl methyl sites for hydroxylation is 1. The van der Waals surface area contributed by atoms with Gasteiger partial charge in [-0.05, 0) is 44.9 Å². The van der Waals surface area contributed by atoms with Crippen molar-refractivity contribution < 1.29 is 14.4 Å². The molecule has 3 N–H and O–H groups in total. The number of hydrogen-bond acceptors (Lipinski definition) is 4. The van der Waals surface area contributed by atoms with E-state index in [1.165, 1.54) is 0 Å². The molecule has 8 heteroatoms. The van der Waals surface area contributed by atoms with Gasteiger partial charge in [-0.2, -0.15) is 5.10 Å². The Morgan fingerprint density at radius 3 is 2.52 bits per heavy atom. The maximum absolute atomic E-state index is 11.8. The molecular weight excluding hydrogens is 344 g/mol. The van der Waals surface area contributed by atoms with Gasteiger partial charge in [-0.1, -0.05) is 24.6 Å². The summed E-state index contributed by atoms with van der Waals surface area (Å²) in [4.78, 5) is 35.3. The molecule has 25 heavy (non-hydrogen) atoms. The van der Waals surface area contributed by atoms with Gasteiger partial charge >= 0.3 is 11.8 Å². The van der Waals surface area contributed by atoms with Gasteiger partial charge in [0.25, 0.3) is 0 Å². The highest BCUT2D eigenvalue weighted by Crippen LogP contribution is 2.19. The second-order valence-corrected chi connectivity index (χ2v) is 6.17. The van der Waals surface area contributed by atoms with E-state index in [-0.39, 0.29) is 18.4 Å². The van der Waals surface area contributed by atoms with E-state index < -0.39 is 11.8 Å². The summed E-state index contributed by atoms with van der Waals surface area (Å²) in [5.74, 6) is -2.00. The average Bonchev–Trinajstić information content (AvgIpc) is 2.55. The van der Waals surface area contributed by atoms with E-state index in [0.29, 0.717) is 16.4 Å². The molecule has 0 aliphatic heterocycles. The van der Waals surface area contributed by atoms with Crippen molar-refractivity contribution >= 4 is 40.7 Å². The van der Waals surface area contributed by atoms with Crippen LogP contribution >= 0.6 is 11.6 Å². The van der Waals surface area contributed by atoms with E-state index >= 15 is 0 Å². The average molecular weight is 367 g/mol. The number of anilines is 1. The zero-order chi connectivity index (χ0) is 19.0. The van der Waals surface area contributed by atoms with Gasteiger partial charge in [0.15, 0.2) is 0 Å². The summed E-state index contributed by atoms with van der Waals surface area (Å²) in [5, 5.41) is 9.46. The Morgan fingerprint density at radius 1 is 1.24 bits per heavy atom. The number of benzene rings is 1. The molecular formula is C17H23ClN4O3. The summed E-state index contributed by atoms with van der Waals surface area (Å²) in [6.07, 6.45) is 0.863. The fourth-order valence-electron chi connectivity index (χ4n) is 1.76. The molecule has 1 aromatic rings. The standard InChI is InChI=1S/C17H23ClN4O3/c1-5-11(3)19-15(23)8-12(4)21-22-17(25)16(24)20-13-7-6-10(2)14(18)9-13/h6-7,9,11H,5,8H2,1-4H3,(H,19,23)(H,20,24)(H,22,25)/t11-/m0/s1. The first kappa shape index (κ1) is 20.6. The molecule has 1 atom stereocenters. The molecule has 1 rings (SSSR count). The van der Waals surface area contributed by atoms with Gasteiger partial charge in [0.2, 0.25) is 5.91 Å².